The number of hydrogen-bond donors (Lipinski definition) is 1. The highest BCUT2D eigenvalue weighted by Crippen LogP contribution is 2.02. The molecule has 0 aromatic carbocycles. The summed E-state index contributed by atoms with van der Waals surface area (Å²) in [4.78, 5) is 0. The van der Waals surface area contributed by atoms with E-state index in [1.54, 1.807) is 0 Å². The lowest BCUT2D eigenvalue weighted by Gasteiger charge is -2.14. The molecule has 1 atom stereocenters. The Morgan fingerprint density at radius 2 is 2.00 bits per heavy atom. The van der Waals surface area contributed by atoms with Crippen LogP contribution in [0.3, 0.4) is 0 Å². The van der Waals surface area contributed by atoms with Gasteiger partial charge in [0.1, 0.15) is 0 Å². The van der Waals surface area contributed by atoms with Crippen LogP contribution in [-0.2, 0) is 14.6 Å². The van der Waals surface area contributed by atoms with Crippen LogP contribution in [0.1, 0.15) is 26.7 Å². The van der Waals surface area contributed by atoms with Crippen LogP contribution in [0, 0.1) is 0 Å². The van der Waals surface area contributed by atoms with Gasteiger partial charge in [0.25, 0.3) is 0 Å². The summed E-state index contributed by atoms with van der Waals surface area (Å²) in [5, 5.41) is 0. The molecule has 0 spiro atoms. The van der Waals surface area contributed by atoms with Crippen LogP contribution in [0.5, 0.6) is 0 Å². The second-order valence-corrected chi connectivity index (χ2v) is 5.51. The zero-order valence-electron chi connectivity index (χ0n) is 9.03. The van der Waals surface area contributed by atoms with E-state index in [4.69, 9.17) is 10.5 Å². The van der Waals surface area contributed by atoms with Crippen LogP contribution in [0.2, 0.25) is 0 Å². The first-order valence-corrected chi connectivity index (χ1v) is 6.90. The topological polar surface area (TPSA) is 69.4 Å². The average Bonchev–Trinajstić information content (AvgIpc) is 2.14. The van der Waals surface area contributed by atoms with E-state index in [1.807, 2.05) is 13.8 Å². The van der Waals surface area contributed by atoms with Crippen molar-refractivity contribution < 1.29 is 13.2 Å². The highest BCUT2D eigenvalue weighted by Gasteiger charge is 2.17. The maximum Gasteiger partial charge on any atom is 0.152 e. The molecule has 86 valence electrons. The van der Waals surface area contributed by atoms with Gasteiger partial charge >= 0.3 is 0 Å². The Morgan fingerprint density at radius 1 is 1.36 bits per heavy atom. The Balaban J connectivity index is 4.04. The largest absolute Gasteiger partial charge is 0.376 e. The summed E-state index contributed by atoms with van der Waals surface area (Å²) in [5.41, 5.74) is 5.41. The molecule has 0 aromatic rings. The van der Waals surface area contributed by atoms with Crippen LogP contribution in [0.25, 0.3) is 0 Å². The second-order valence-electron chi connectivity index (χ2n) is 3.28. The first kappa shape index (κ1) is 13.9. The lowest BCUT2D eigenvalue weighted by atomic mass is 10.4. The van der Waals surface area contributed by atoms with Gasteiger partial charge in [0.05, 0.1) is 17.6 Å². The lowest BCUT2D eigenvalue weighted by molar-refractivity contribution is 0.0846. The number of sulfone groups is 1. The molecular weight excluding hydrogens is 202 g/mol. The minimum Gasteiger partial charge on any atom is -0.376 e. The van der Waals surface area contributed by atoms with Gasteiger partial charge in [-0.25, -0.2) is 8.42 Å². The first-order chi connectivity index (χ1) is 6.55. The fourth-order valence-electron chi connectivity index (χ4n) is 1.15. The third-order valence-corrected chi connectivity index (χ3v) is 3.70. The summed E-state index contributed by atoms with van der Waals surface area (Å²) in [6.45, 7) is 4.57. The van der Waals surface area contributed by atoms with Gasteiger partial charge in [-0.15, -0.1) is 0 Å². The predicted molar refractivity (Wildman–Crippen MR) is 58.0 cm³/mol. The van der Waals surface area contributed by atoms with Crippen molar-refractivity contribution in [3.05, 3.63) is 0 Å². The molecule has 1 unspecified atom stereocenters. The molecule has 0 aliphatic rings. The third-order valence-electron chi connectivity index (χ3n) is 1.91. The van der Waals surface area contributed by atoms with Crippen molar-refractivity contribution in [1.29, 1.82) is 0 Å². The highest BCUT2D eigenvalue weighted by molar-refractivity contribution is 7.91. The van der Waals surface area contributed by atoms with E-state index in [1.165, 1.54) is 0 Å². The van der Waals surface area contributed by atoms with E-state index in [2.05, 4.69) is 0 Å². The number of hydrogen-bond acceptors (Lipinski definition) is 4. The SMILES string of the molecule is CCCCS(=O)(=O)CC(CN)OCC. The molecule has 0 aliphatic heterocycles. The Morgan fingerprint density at radius 3 is 2.43 bits per heavy atom. The maximum absolute atomic E-state index is 11.5. The summed E-state index contributed by atoms with van der Waals surface area (Å²) >= 11 is 0. The lowest BCUT2D eigenvalue weighted by Crippen LogP contribution is -2.32. The summed E-state index contributed by atoms with van der Waals surface area (Å²) in [6.07, 6.45) is 1.26. The summed E-state index contributed by atoms with van der Waals surface area (Å²) in [6, 6.07) is 0. The zero-order chi connectivity index (χ0) is 11.0. The molecule has 0 heterocycles. The van der Waals surface area contributed by atoms with Crippen LogP contribution in [-0.4, -0.2) is 39.2 Å². The molecule has 14 heavy (non-hydrogen) atoms. The van der Waals surface area contributed by atoms with Gasteiger partial charge in [0.15, 0.2) is 9.84 Å². The van der Waals surface area contributed by atoms with Gasteiger partial charge in [-0.3, -0.25) is 0 Å². The van der Waals surface area contributed by atoms with Crippen molar-refractivity contribution >= 4 is 9.84 Å². The standard InChI is InChI=1S/C9H21NO3S/c1-3-5-6-14(11,12)8-9(7-10)13-4-2/h9H,3-8,10H2,1-2H3. The van der Waals surface area contributed by atoms with Crippen molar-refractivity contribution in [3.63, 3.8) is 0 Å². The molecule has 0 saturated heterocycles. The molecule has 4 nitrogen and oxygen atoms in total. The smallest absolute Gasteiger partial charge is 0.152 e. The molecule has 5 heteroatoms. The van der Waals surface area contributed by atoms with Crippen LogP contribution < -0.4 is 5.73 Å². The van der Waals surface area contributed by atoms with Crippen LogP contribution in [0.4, 0.5) is 0 Å². The monoisotopic (exact) mass is 223 g/mol. The average molecular weight is 223 g/mol. The maximum atomic E-state index is 11.5. The normalized spacial score (nSPS) is 14.2. The second kappa shape index (κ2) is 7.20. The third kappa shape index (κ3) is 6.34. The van der Waals surface area contributed by atoms with Gasteiger partial charge in [0.2, 0.25) is 0 Å². The molecule has 0 radical (unpaired) electrons. The quantitative estimate of drug-likeness (QED) is 0.653. The molecule has 0 rings (SSSR count). The molecule has 0 amide bonds. The Labute approximate surface area is 86.7 Å². The molecule has 0 fully saturated rings. The summed E-state index contributed by atoms with van der Waals surface area (Å²) in [5.74, 6) is 0.296. The summed E-state index contributed by atoms with van der Waals surface area (Å²) < 4.78 is 28.2. The van der Waals surface area contributed by atoms with E-state index >= 15 is 0 Å². The molecule has 0 aromatic heterocycles. The van der Waals surface area contributed by atoms with E-state index in [0.717, 1.165) is 6.42 Å². The van der Waals surface area contributed by atoms with Gasteiger partial charge in [-0.2, -0.15) is 0 Å². The van der Waals surface area contributed by atoms with Gasteiger partial charge in [0, 0.05) is 13.2 Å². The van der Waals surface area contributed by atoms with Crippen molar-refractivity contribution in [3.8, 4) is 0 Å². The number of nitrogens with two attached hydrogens (primary N) is 1. The van der Waals surface area contributed by atoms with Gasteiger partial charge in [-0.1, -0.05) is 13.3 Å². The molecule has 0 bridgehead atoms. The minimum atomic E-state index is -2.98. The van der Waals surface area contributed by atoms with E-state index in [0.29, 0.717) is 13.0 Å². The van der Waals surface area contributed by atoms with Crippen LogP contribution in [0.15, 0.2) is 0 Å². The fourth-order valence-corrected chi connectivity index (χ4v) is 2.84. The first-order valence-electron chi connectivity index (χ1n) is 5.07. The van der Waals surface area contributed by atoms with Crippen molar-refractivity contribution in [2.75, 3.05) is 24.7 Å². The number of ether oxygens (including phenoxy) is 1. The van der Waals surface area contributed by atoms with E-state index in [9.17, 15) is 8.42 Å². The Hall–Kier alpha value is -0.130. The Kier molecular flexibility index (Phi) is 7.13. The summed E-state index contributed by atoms with van der Waals surface area (Å²) in [7, 11) is -2.98. The molecule has 0 saturated carbocycles. The highest BCUT2D eigenvalue weighted by atomic mass is 32.2. The van der Waals surface area contributed by atoms with Crippen molar-refractivity contribution in [2.45, 2.75) is 32.8 Å². The fraction of sp³-hybridized carbons (Fsp3) is 1.00. The molecule has 2 N–H and O–H groups in total. The number of unbranched alkanes of at least 4 members (excludes halogenated alkanes) is 1. The predicted octanol–water partition coefficient (Wildman–Crippen LogP) is 0.565. The van der Waals surface area contributed by atoms with Gasteiger partial charge in [-0.05, 0) is 13.3 Å². The minimum absolute atomic E-state index is 0.0529. The van der Waals surface area contributed by atoms with Crippen LogP contribution >= 0.6 is 0 Å². The molecular formula is C9H21NO3S. The molecule has 0 aliphatic carbocycles. The number of rotatable bonds is 8. The van der Waals surface area contributed by atoms with E-state index in [-0.39, 0.29) is 24.2 Å². The zero-order valence-corrected chi connectivity index (χ0v) is 9.85. The van der Waals surface area contributed by atoms with Gasteiger partial charge < -0.3 is 10.5 Å². The Bertz CT molecular complexity index is 226. The van der Waals surface area contributed by atoms with Crippen molar-refractivity contribution in [2.24, 2.45) is 5.73 Å². The van der Waals surface area contributed by atoms with E-state index < -0.39 is 9.84 Å². The van der Waals surface area contributed by atoms with Crippen molar-refractivity contribution in [1.82, 2.24) is 0 Å².